The molecule has 0 fully saturated rings. The molecule has 1 aromatic heterocycles. The van der Waals surface area contributed by atoms with Crippen molar-refractivity contribution in [1.29, 1.82) is 0 Å². The maximum absolute atomic E-state index is 12.4. The molecule has 0 radical (unpaired) electrons. The molecule has 2 rings (SSSR count). The number of hydrogen-bond acceptors (Lipinski definition) is 6. The maximum atomic E-state index is 12.4. The molecule has 0 unspecified atom stereocenters. The number of aryl methyl sites for hydroxylation is 3. The highest BCUT2D eigenvalue weighted by atomic mass is 32.2. The van der Waals surface area contributed by atoms with Crippen LogP contribution in [-0.4, -0.2) is 28.9 Å². The van der Waals surface area contributed by atoms with Crippen LogP contribution in [0.3, 0.4) is 0 Å². The zero-order valence-electron chi connectivity index (χ0n) is 11.5. The molecule has 112 valence electrons. The average Bonchev–Trinajstić information content (AvgIpc) is 2.72. The number of benzene rings is 1. The van der Waals surface area contributed by atoms with Gasteiger partial charge < -0.3 is 5.11 Å². The van der Waals surface area contributed by atoms with Crippen molar-refractivity contribution in [3.05, 3.63) is 34.6 Å². The Hall–Kier alpha value is -2.00. The SMILES string of the molecule is Cc1nsc(NS(=O)(=O)c2cc(C(=O)O)c(C)cc2C)n1. The fourth-order valence-corrected chi connectivity index (χ4v) is 3.91. The molecular formula is C12H13N3O4S2. The van der Waals surface area contributed by atoms with Crippen molar-refractivity contribution < 1.29 is 18.3 Å². The van der Waals surface area contributed by atoms with Crippen LogP contribution in [0.5, 0.6) is 0 Å². The van der Waals surface area contributed by atoms with Crippen molar-refractivity contribution in [2.75, 3.05) is 4.72 Å². The lowest BCUT2D eigenvalue weighted by Crippen LogP contribution is -2.15. The first-order valence-corrected chi connectivity index (χ1v) is 8.14. The summed E-state index contributed by atoms with van der Waals surface area (Å²) in [5.41, 5.74) is 0.923. The highest BCUT2D eigenvalue weighted by Crippen LogP contribution is 2.23. The molecule has 21 heavy (non-hydrogen) atoms. The van der Waals surface area contributed by atoms with Crippen molar-refractivity contribution in [1.82, 2.24) is 9.36 Å². The highest BCUT2D eigenvalue weighted by Gasteiger charge is 2.22. The molecular weight excluding hydrogens is 314 g/mol. The largest absolute Gasteiger partial charge is 0.478 e. The third-order valence-electron chi connectivity index (χ3n) is 2.79. The highest BCUT2D eigenvalue weighted by molar-refractivity contribution is 7.93. The number of rotatable bonds is 4. The van der Waals surface area contributed by atoms with Gasteiger partial charge in [-0.15, -0.1) is 0 Å². The fraction of sp³-hybridized carbons (Fsp3) is 0.250. The molecule has 1 heterocycles. The maximum Gasteiger partial charge on any atom is 0.335 e. The summed E-state index contributed by atoms with van der Waals surface area (Å²) in [4.78, 5) is 15.0. The molecule has 1 aromatic carbocycles. The Morgan fingerprint density at radius 1 is 1.24 bits per heavy atom. The van der Waals surface area contributed by atoms with Gasteiger partial charge in [0.15, 0.2) is 0 Å². The van der Waals surface area contributed by atoms with Gasteiger partial charge in [-0.3, -0.25) is 4.72 Å². The number of carbonyl (C=O) groups is 1. The van der Waals surface area contributed by atoms with E-state index in [9.17, 15) is 13.2 Å². The van der Waals surface area contributed by atoms with Crippen LogP contribution < -0.4 is 4.72 Å². The fourth-order valence-electron chi connectivity index (χ4n) is 1.86. The number of aromatic carboxylic acids is 1. The van der Waals surface area contributed by atoms with Crippen LogP contribution >= 0.6 is 11.5 Å². The summed E-state index contributed by atoms with van der Waals surface area (Å²) in [5, 5.41) is 9.25. The predicted molar refractivity (Wildman–Crippen MR) is 78.3 cm³/mol. The van der Waals surface area contributed by atoms with Crippen molar-refractivity contribution in [3.63, 3.8) is 0 Å². The number of hydrogen-bond donors (Lipinski definition) is 2. The normalized spacial score (nSPS) is 11.4. The quantitative estimate of drug-likeness (QED) is 0.888. The van der Waals surface area contributed by atoms with Crippen LogP contribution in [0, 0.1) is 20.8 Å². The molecule has 2 N–H and O–H groups in total. The van der Waals surface area contributed by atoms with E-state index >= 15 is 0 Å². The molecule has 0 atom stereocenters. The summed E-state index contributed by atoms with van der Waals surface area (Å²) in [5.74, 6) is -0.708. The van der Waals surface area contributed by atoms with E-state index in [1.54, 1.807) is 20.8 Å². The second-order valence-corrected chi connectivity index (χ2v) is 6.89. The molecule has 0 aliphatic rings. The Kier molecular flexibility index (Phi) is 3.97. The first-order valence-electron chi connectivity index (χ1n) is 5.88. The average molecular weight is 327 g/mol. The van der Waals surface area contributed by atoms with E-state index in [-0.39, 0.29) is 15.6 Å². The summed E-state index contributed by atoms with van der Waals surface area (Å²) in [6.07, 6.45) is 0. The smallest absolute Gasteiger partial charge is 0.335 e. The Morgan fingerprint density at radius 3 is 2.43 bits per heavy atom. The van der Waals surface area contributed by atoms with Crippen LogP contribution in [0.1, 0.15) is 27.3 Å². The second-order valence-electron chi connectivity index (χ2n) is 4.49. The number of aromatic nitrogens is 2. The van der Waals surface area contributed by atoms with Crippen LogP contribution in [0.4, 0.5) is 5.13 Å². The zero-order valence-corrected chi connectivity index (χ0v) is 13.2. The molecule has 0 aliphatic heterocycles. The van der Waals surface area contributed by atoms with Crippen molar-refractivity contribution in [2.24, 2.45) is 0 Å². The minimum Gasteiger partial charge on any atom is -0.478 e. The van der Waals surface area contributed by atoms with Gasteiger partial charge >= 0.3 is 5.97 Å². The first kappa shape index (κ1) is 15.4. The minimum absolute atomic E-state index is 0.0468. The number of anilines is 1. The zero-order chi connectivity index (χ0) is 15.8. The second kappa shape index (κ2) is 5.41. The first-order chi connectivity index (χ1) is 9.70. The number of nitrogens with one attached hydrogen (secondary N) is 1. The van der Waals surface area contributed by atoms with Crippen LogP contribution in [0.25, 0.3) is 0 Å². The van der Waals surface area contributed by atoms with Crippen LogP contribution in [0.2, 0.25) is 0 Å². The molecule has 2 aromatic rings. The van der Waals surface area contributed by atoms with Gasteiger partial charge in [-0.2, -0.15) is 4.37 Å². The minimum atomic E-state index is -3.91. The van der Waals surface area contributed by atoms with Gasteiger partial charge in [-0.25, -0.2) is 18.2 Å². The van der Waals surface area contributed by atoms with Gasteiger partial charge in [0.1, 0.15) is 5.82 Å². The van der Waals surface area contributed by atoms with Gasteiger partial charge in [0, 0.05) is 11.5 Å². The van der Waals surface area contributed by atoms with E-state index in [0.29, 0.717) is 17.0 Å². The summed E-state index contributed by atoms with van der Waals surface area (Å²) >= 11 is 0.923. The lowest BCUT2D eigenvalue weighted by molar-refractivity contribution is 0.0696. The van der Waals surface area contributed by atoms with Gasteiger partial charge in [0.25, 0.3) is 10.0 Å². The van der Waals surface area contributed by atoms with E-state index in [2.05, 4.69) is 14.1 Å². The summed E-state index contributed by atoms with van der Waals surface area (Å²) < 4.78 is 30.9. The number of carboxylic acids is 1. The van der Waals surface area contributed by atoms with Gasteiger partial charge in [-0.1, -0.05) is 6.07 Å². The van der Waals surface area contributed by atoms with E-state index in [4.69, 9.17) is 5.11 Å². The molecule has 0 aliphatic carbocycles. The third-order valence-corrected chi connectivity index (χ3v) is 5.12. The van der Waals surface area contributed by atoms with Gasteiger partial charge in [-0.05, 0) is 38.0 Å². The third kappa shape index (κ3) is 3.19. The monoisotopic (exact) mass is 327 g/mol. The molecule has 0 spiro atoms. The summed E-state index contributed by atoms with van der Waals surface area (Å²) in [6, 6.07) is 2.69. The van der Waals surface area contributed by atoms with Gasteiger partial charge in [0.05, 0.1) is 10.5 Å². The van der Waals surface area contributed by atoms with E-state index in [1.807, 2.05) is 0 Å². The topological polar surface area (TPSA) is 109 Å². The lowest BCUT2D eigenvalue weighted by atomic mass is 10.1. The standard InChI is InChI=1S/C12H13N3O4S2/c1-6-4-7(2)10(5-9(6)11(16)17)21(18,19)15-12-13-8(3)14-20-12/h4-5H,1-3H3,(H,16,17)(H,13,14,15). The Labute approximate surface area is 125 Å². The summed E-state index contributed by atoms with van der Waals surface area (Å²) in [7, 11) is -3.91. The molecule has 0 amide bonds. The lowest BCUT2D eigenvalue weighted by Gasteiger charge is -2.11. The van der Waals surface area contributed by atoms with E-state index < -0.39 is 16.0 Å². The molecule has 0 bridgehead atoms. The predicted octanol–water partition coefficient (Wildman–Crippen LogP) is 1.96. The summed E-state index contributed by atoms with van der Waals surface area (Å²) in [6.45, 7) is 4.88. The number of carboxylic acid groups (broad SMARTS) is 1. The van der Waals surface area contributed by atoms with Crippen molar-refractivity contribution in [2.45, 2.75) is 25.7 Å². The Balaban J connectivity index is 2.49. The van der Waals surface area contributed by atoms with Gasteiger partial charge in [0.2, 0.25) is 5.13 Å². The van der Waals surface area contributed by atoms with E-state index in [0.717, 1.165) is 17.6 Å². The van der Waals surface area contributed by atoms with E-state index in [1.165, 1.54) is 6.07 Å². The van der Waals surface area contributed by atoms with Crippen molar-refractivity contribution >= 4 is 32.7 Å². The van der Waals surface area contributed by atoms with Crippen LogP contribution in [-0.2, 0) is 10.0 Å². The molecule has 0 saturated carbocycles. The molecule has 0 saturated heterocycles. The van der Waals surface area contributed by atoms with Crippen LogP contribution in [0.15, 0.2) is 17.0 Å². The molecule has 7 nitrogen and oxygen atoms in total. The Morgan fingerprint density at radius 2 is 1.90 bits per heavy atom. The Bertz CT molecular complexity index is 812. The van der Waals surface area contributed by atoms with Crippen molar-refractivity contribution in [3.8, 4) is 0 Å². The molecule has 9 heteroatoms. The number of sulfonamides is 1. The number of nitrogens with zero attached hydrogens (tertiary/aromatic N) is 2.